The average Bonchev–Trinajstić information content (AvgIpc) is 4.11. The summed E-state index contributed by atoms with van der Waals surface area (Å²) >= 11 is 0. The molecule has 0 radical (unpaired) electrons. The van der Waals surface area contributed by atoms with E-state index in [1.54, 1.807) is 0 Å². The number of fused-ring (bicyclic) bond motifs is 6. The van der Waals surface area contributed by atoms with Crippen LogP contribution in [0.4, 0.5) is 17.1 Å². The average molecular weight is 1010 g/mol. The Morgan fingerprint density at radius 3 is 1.26 bits per heavy atom. The highest BCUT2D eigenvalue weighted by Gasteiger charge is 2.45. The Morgan fingerprint density at radius 2 is 0.724 bits per heavy atom. The van der Waals surface area contributed by atoms with Crippen molar-refractivity contribution in [2.75, 3.05) is 10.0 Å². The smallest absolute Gasteiger partial charge is 0.179 e. The predicted molar refractivity (Wildman–Crippen MR) is 325 cm³/mol. The normalized spacial score (nSPS) is 13.1. The van der Waals surface area contributed by atoms with Crippen LogP contribution in [-0.2, 0) is 0 Å². The molecule has 76 heavy (non-hydrogen) atoms. The number of anilines is 3. The molecular weight excluding hydrogens is 953 g/mol. The predicted octanol–water partition coefficient (Wildman–Crippen LogP) is 11.3. The number of rotatable bonds is 11. The Bertz CT molecular complexity index is 3920. The standard InChI is InChI=1S/C70H52N4Si2/c1-8-26-53(27-9-1)54-48-56(50-64(49-54)76(60-34-16-5-17-35-60,61-36-18-6-19-37-61)62-38-20-7-21-39-62)73-67-41-23-22-40-65(67)66-51-55(42-44-68(66)73)74-69-45-43-63(52-70(69)71-46-24-25-47-72(71)74)75(57-28-10-2-11-29-57,58-30-12-3-13-31-58)59-32-14-4-15-33-59/h1-52H. The van der Waals surface area contributed by atoms with Gasteiger partial charge in [-0.1, -0.05) is 243 Å². The van der Waals surface area contributed by atoms with E-state index in [-0.39, 0.29) is 0 Å². The topological polar surface area (TPSA) is 14.7 Å². The molecule has 0 bridgehead atoms. The number of hydrogen-bond acceptors (Lipinski definition) is 3. The van der Waals surface area contributed by atoms with Crippen molar-refractivity contribution in [3.63, 3.8) is 0 Å². The molecule has 12 aromatic rings. The lowest BCUT2D eigenvalue weighted by molar-refractivity contribution is 0.408. The number of benzene rings is 11. The van der Waals surface area contributed by atoms with Gasteiger partial charge in [0.1, 0.15) is 0 Å². The van der Waals surface area contributed by atoms with E-state index in [2.05, 4.69) is 335 Å². The van der Waals surface area contributed by atoms with Crippen LogP contribution < -0.4 is 51.5 Å². The van der Waals surface area contributed by atoms with E-state index in [9.17, 15) is 0 Å². The summed E-state index contributed by atoms with van der Waals surface area (Å²) in [5, 5.41) is 20.1. The highest BCUT2D eigenvalue weighted by molar-refractivity contribution is 7.20. The summed E-state index contributed by atoms with van der Waals surface area (Å²) in [5.74, 6) is 0. The zero-order chi connectivity index (χ0) is 50.5. The molecule has 2 aliphatic rings. The molecule has 11 aromatic carbocycles. The minimum Gasteiger partial charge on any atom is -0.309 e. The molecule has 0 atom stereocenters. The Labute approximate surface area is 446 Å². The van der Waals surface area contributed by atoms with E-state index in [1.165, 1.54) is 63.4 Å². The lowest BCUT2D eigenvalue weighted by Gasteiger charge is -2.35. The van der Waals surface area contributed by atoms with Crippen LogP contribution in [0.25, 0.3) is 38.6 Å². The van der Waals surface area contributed by atoms with E-state index in [0.717, 1.165) is 33.8 Å². The molecule has 14 rings (SSSR count). The summed E-state index contributed by atoms with van der Waals surface area (Å²) in [4.78, 5) is 0. The molecule has 6 heteroatoms. The third-order valence-corrected chi connectivity index (χ3v) is 25.3. The Morgan fingerprint density at radius 1 is 0.263 bits per heavy atom. The summed E-state index contributed by atoms with van der Waals surface area (Å²) < 4.78 is 2.51. The third kappa shape index (κ3) is 7.18. The highest BCUT2D eigenvalue weighted by Crippen LogP contribution is 2.46. The molecule has 0 saturated heterocycles. The van der Waals surface area contributed by atoms with Gasteiger partial charge in [0.05, 0.1) is 28.1 Å². The van der Waals surface area contributed by atoms with E-state index < -0.39 is 16.1 Å². The second kappa shape index (κ2) is 18.8. The fourth-order valence-electron chi connectivity index (χ4n) is 12.5. The maximum absolute atomic E-state index is 2.93. The summed E-state index contributed by atoms with van der Waals surface area (Å²) in [6.07, 6.45) is 8.61. The van der Waals surface area contributed by atoms with Crippen LogP contribution in [0.3, 0.4) is 0 Å². The number of nitrogens with zero attached hydrogens (tertiary/aromatic N) is 4. The summed E-state index contributed by atoms with van der Waals surface area (Å²) in [7, 11) is -5.74. The van der Waals surface area contributed by atoms with Crippen LogP contribution in [0.15, 0.2) is 316 Å². The number of hydrogen-bond donors (Lipinski definition) is 0. The number of para-hydroxylation sites is 1. The van der Waals surface area contributed by atoms with Gasteiger partial charge in [-0.2, -0.15) is 5.12 Å². The summed E-state index contributed by atoms with van der Waals surface area (Å²) in [6.45, 7) is 0. The molecule has 4 nitrogen and oxygen atoms in total. The van der Waals surface area contributed by atoms with Crippen LogP contribution in [-0.4, -0.2) is 25.8 Å². The molecular formula is C70H52N4Si2. The van der Waals surface area contributed by atoms with Gasteiger partial charge >= 0.3 is 0 Å². The van der Waals surface area contributed by atoms with Gasteiger partial charge in [0.15, 0.2) is 16.1 Å². The Balaban J connectivity index is 0.972. The van der Waals surface area contributed by atoms with Crippen molar-refractivity contribution in [1.82, 2.24) is 9.69 Å². The first-order chi connectivity index (χ1) is 37.7. The van der Waals surface area contributed by atoms with Crippen LogP contribution in [0.1, 0.15) is 0 Å². The Hall–Kier alpha value is -9.47. The maximum atomic E-state index is 2.51. The van der Waals surface area contributed by atoms with Crippen molar-refractivity contribution in [2.45, 2.75) is 0 Å². The zero-order valence-corrected chi connectivity index (χ0v) is 43.8. The number of allylic oxidation sites excluding steroid dienone is 2. The van der Waals surface area contributed by atoms with Crippen molar-refractivity contribution in [2.24, 2.45) is 0 Å². The lowest BCUT2D eigenvalue weighted by Crippen LogP contribution is -2.74. The zero-order valence-electron chi connectivity index (χ0n) is 41.8. The molecule has 3 heterocycles. The summed E-state index contributed by atoms with van der Waals surface area (Å²) in [6, 6.07) is 109. The van der Waals surface area contributed by atoms with Gasteiger partial charge in [0.25, 0.3) is 0 Å². The third-order valence-electron chi connectivity index (χ3n) is 15.7. The first-order valence-electron chi connectivity index (χ1n) is 26.2. The van der Waals surface area contributed by atoms with Crippen LogP contribution in [0, 0.1) is 0 Å². The quantitative estimate of drug-likeness (QED) is 0.0948. The largest absolute Gasteiger partial charge is 0.309 e. The van der Waals surface area contributed by atoms with Gasteiger partial charge in [-0.15, -0.1) is 0 Å². The summed E-state index contributed by atoms with van der Waals surface area (Å²) in [5.41, 5.74) is 9.14. The van der Waals surface area contributed by atoms with Crippen molar-refractivity contribution >= 4 is 96.5 Å². The van der Waals surface area contributed by atoms with Gasteiger partial charge in [-0.3, -0.25) is 0 Å². The SMILES string of the molecule is C1=CN2c3cc([Si](c4ccccc4)(c4ccccc4)c4ccccc4)ccc3N(c3ccc4c(c3)c3ccccc3n4-c3cc(-c4ccccc4)cc([Si](c4ccccc4)(c4ccccc4)c4ccccc4)c3)N2C=C1. The van der Waals surface area contributed by atoms with Gasteiger partial charge in [0, 0.05) is 28.9 Å². The van der Waals surface area contributed by atoms with Gasteiger partial charge in [-0.05, 0) is 113 Å². The first kappa shape index (κ1) is 45.2. The second-order valence-electron chi connectivity index (χ2n) is 19.7. The van der Waals surface area contributed by atoms with Gasteiger partial charge in [0.2, 0.25) is 0 Å². The molecule has 0 fully saturated rings. The molecule has 0 saturated carbocycles. The van der Waals surface area contributed by atoms with E-state index in [0.29, 0.717) is 0 Å². The van der Waals surface area contributed by atoms with E-state index in [1.807, 2.05) is 0 Å². The molecule has 0 amide bonds. The van der Waals surface area contributed by atoms with E-state index >= 15 is 0 Å². The molecule has 360 valence electrons. The molecule has 0 unspecified atom stereocenters. The van der Waals surface area contributed by atoms with Gasteiger partial charge in [-0.25, -0.2) is 10.0 Å². The Kier molecular flexibility index (Phi) is 11.2. The molecule has 0 spiro atoms. The monoisotopic (exact) mass is 1000 g/mol. The van der Waals surface area contributed by atoms with Crippen LogP contribution in [0.2, 0.25) is 0 Å². The molecule has 0 N–H and O–H groups in total. The first-order valence-corrected chi connectivity index (χ1v) is 30.2. The fourth-order valence-corrected chi connectivity index (χ4v) is 22.1. The molecule has 0 aliphatic carbocycles. The van der Waals surface area contributed by atoms with Crippen molar-refractivity contribution < 1.29 is 0 Å². The second-order valence-corrected chi connectivity index (χ2v) is 27.4. The number of hydrazine groups is 2. The minimum atomic E-state index is -2.93. The minimum absolute atomic E-state index is 1.08. The van der Waals surface area contributed by atoms with Crippen LogP contribution in [0.5, 0.6) is 0 Å². The van der Waals surface area contributed by atoms with Crippen LogP contribution >= 0.6 is 0 Å². The van der Waals surface area contributed by atoms with Gasteiger partial charge < -0.3 is 4.57 Å². The fraction of sp³-hybridized carbons (Fsp3) is 0. The van der Waals surface area contributed by atoms with Crippen molar-refractivity contribution in [3.8, 4) is 16.8 Å². The maximum Gasteiger partial charge on any atom is 0.179 e. The molecule has 1 aromatic heterocycles. The lowest BCUT2D eigenvalue weighted by atomic mass is 10.0. The highest BCUT2D eigenvalue weighted by atomic mass is 28.3. The molecule has 2 aliphatic heterocycles. The van der Waals surface area contributed by atoms with Crippen molar-refractivity contribution in [1.29, 1.82) is 0 Å². The number of aromatic nitrogens is 1. The van der Waals surface area contributed by atoms with E-state index in [4.69, 9.17) is 0 Å². The van der Waals surface area contributed by atoms with Crippen molar-refractivity contribution in [3.05, 3.63) is 316 Å².